The lowest BCUT2D eigenvalue weighted by molar-refractivity contribution is 0.666. The molecule has 1 aliphatic rings. The standard InChI is InChI=1S/C47H34N2/c1-47(2)41-20-12-11-19-39(41)44-40(29-37-17-9-10-18-38(37)45(44)47)33-25-21-31(22-26-33)32-23-27-36(28-24-32)46-48-42(34-13-5-3-6-14-34)30-43(49-46)35-15-7-4-8-16-35/h3-30H,1-2H3. The van der Waals surface area contributed by atoms with E-state index in [-0.39, 0.29) is 5.41 Å². The Morgan fingerprint density at radius 2 is 0.918 bits per heavy atom. The number of benzene rings is 7. The summed E-state index contributed by atoms with van der Waals surface area (Å²) in [6.45, 7) is 4.73. The summed E-state index contributed by atoms with van der Waals surface area (Å²) in [7, 11) is 0. The van der Waals surface area contributed by atoms with Crippen LogP contribution in [0.25, 0.3) is 78.1 Å². The van der Waals surface area contributed by atoms with E-state index in [0.29, 0.717) is 0 Å². The minimum atomic E-state index is -0.0740. The summed E-state index contributed by atoms with van der Waals surface area (Å²) in [5.74, 6) is 0.718. The fourth-order valence-electron chi connectivity index (χ4n) is 7.63. The molecule has 2 heteroatoms. The van der Waals surface area contributed by atoms with Crippen molar-refractivity contribution in [2.75, 3.05) is 0 Å². The van der Waals surface area contributed by atoms with E-state index in [0.717, 1.165) is 39.5 Å². The van der Waals surface area contributed by atoms with Crippen LogP contribution in [0, 0.1) is 0 Å². The van der Waals surface area contributed by atoms with Gasteiger partial charge in [-0.2, -0.15) is 0 Å². The number of aromatic nitrogens is 2. The van der Waals surface area contributed by atoms with Crippen molar-refractivity contribution in [1.82, 2.24) is 9.97 Å². The maximum absolute atomic E-state index is 5.01. The van der Waals surface area contributed by atoms with Gasteiger partial charge in [-0.25, -0.2) is 9.97 Å². The Balaban J connectivity index is 1.09. The molecule has 0 bridgehead atoms. The lowest BCUT2D eigenvalue weighted by atomic mass is 9.79. The highest BCUT2D eigenvalue weighted by Gasteiger charge is 2.38. The number of fused-ring (bicyclic) bond motifs is 5. The Kier molecular flexibility index (Phi) is 6.84. The van der Waals surface area contributed by atoms with Crippen molar-refractivity contribution >= 4 is 10.8 Å². The van der Waals surface area contributed by atoms with Gasteiger partial charge in [-0.05, 0) is 67.4 Å². The van der Waals surface area contributed by atoms with Gasteiger partial charge in [0.1, 0.15) is 0 Å². The first-order valence-electron chi connectivity index (χ1n) is 16.9. The van der Waals surface area contributed by atoms with Crippen molar-refractivity contribution in [2.45, 2.75) is 19.3 Å². The third-order valence-electron chi connectivity index (χ3n) is 10.1. The molecule has 0 aliphatic heterocycles. The molecule has 0 fully saturated rings. The molecule has 1 aromatic heterocycles. The molecular weight excluding hydrogens is 593 g/mol. The van der Waals surface area contributed by atoms with E-state index in [4.69, 9.17) is 9.97 Å². The Morgan fingerprint density at radius 3 is 1.55 bits per heavy atom. The first-order valence-corrected chi connectivity index (χ1v) is 16.9. The van der Waals surface area contributed by atoms with Crippen LogP contribution in [0.3, 0.4) is 0 Å². The molecular formula is C47H34N2. The van der Waals surface area contributed by atoms with Crippen molar-refractivity contribution in [1.29, 1.82) is 0 Å². The third kappa shape index (κ3) is 4.96. The summed E-state index contributed by atoms with van der Waals surface area (Å²) in [4.78, 5) is 10.0. The Morgan fingerprint density at radius 1 is 0.408 bits per heavy atom. The fourth-order valence-corrected chi connectivity index (χ4v) is 7.63. The molecule has 0 amide bonds. The van der Waals surface area contributed by atoms with E-state index in [9.17, 15) is 0 Å². The molecule has 7 aromatic carbocycles. The minimum absolute atomic E-state index is 0.0740. The van der Waals surface area contributed by atoms with E-state index in [1.54, 1.807) is 0 Å². The number of hydrogen-bond donors (Lipinski definition) is 0. The molecule has 49 heavy (non-hydrogen) atoms. The van der Waals surface area contributed by atoms with Crippen LogP contribution in [0.2, 0.25) is 0 Å². The molecule has 0 saturated heterocycles. The smallest absolute Gasteiger partial charge is 0.160 e. The van der Waals surface area contributed by atoms with Crippen LogP contribution in [0.15, 0.2) is 170 Å². The fraction of sp³-hybridized carbons (Fsp3) is 0.0638. The first kappa shape index (κ1) is 29.1. The van der Waals surface area contributed by atoms with Gasteiger partial charge in [0.25, 0.3) is 0 Å². The van der Waals surface area contributed by atoms with Crippen LogP contribution in [0.5, 0.6) is 0 Å². The van der Waals surface area contributed by atoms with Crippen LogP contribution in [0.4, 0.5) is 0 Å². The number of rotatable bonds is 5. The monoisotopic (exact) mass is 626 g/mol. The summed E-state index contributed by atoms with van der Waals surface area (Å²) in [6.07, 6.45) is 0. The van der Waals surface area contributed by atoms with Gasteiger partial charge in [0.2, 0.25) is 0 Å². The molecule has 1 heterocycles. The summed E-state index contributed by atoms with van der Waals surface area (Å²) in [5.41, 5.74) is 15.3. The predicted octanol–water partition coefficient (Wildman–Crippen LogP) is 12.3. The van der Waals surface area contributed by atoms with Gasteiger partial charge in [0.05, 0.1) is 11.4 Å². The molecule has 0 radical (unpaired) electrons. The van der Waals surface area contributed by atoms with Crippen molar-refractivity contribution < 1.29 is 0 Å². The topological polar surface area (TPSA) is 25.8 Å². The molecule has 0 atom stereocenters. The van der Waals surface area contributed by atoms with E-state index in [2.05, 4.69) is 147 Å². The van der Waals surface area contributed by atoms with Gasteiger partial charge in [0.15, 0.2) is 5.82 Å². The maximum Gasteiger partial charge on any atom is 0.160 e. The lowest BCUT2D eigenvalue weighted by Gasteiger charge is -2.24. The predicted molar refractivity (Wildman–Crippen MR) is 204 cm³/mol. The highest BCUT2D eigenvalue weighted by atomic mass is 14.9. The average Bonchev–Trinajstić information content (AvgIpc) is 3.42. The summed E-state index contributed by atoms with van der Waals surface area (Å²) in [5, 5.41) is 2.62. The van der Waals surface area contributed by atoms with Crippen molar-refractivity contribution in [3.63, 3.8) is 0 Å². The van der Waals surface area contributed by atoms with Gasteiger partial charge < -0.3 is 0 Å². The van der Waals surface area contributed by atoms with Crippen molar-refractivity contribution in [2.24, 2.45) is 0 Å². The van der Waals surface area contributed by atoms with E-state index in [1.165, 1.54) is 49.7 Å². The van der Waals surface area contributed by atoms with Crippen LogP contribution < -0.4 is 0 Å². The largest absolute Gasteiger partial charge is 0.228 e. The lowest BCUT2D eigenvalue weighted by Crippen LogP contribution is -2.15. The summed E-state index contributed by atoms with van der Waals surface area (Å²) in [6, 6.07) is 60.5. The van der Waals surface area contributed by atoms with Gasteiger partial charge >= 0.3 is 0 Å². The van der Waals surface area contributed by atoms with Crippen molar-refractivity contribution in [3.8, 4) is 67.3 Å². The van der Waals surface area contributed by atoms with E-state index >= 15 is 0 Å². The molecule has 8 aromatic rings. The number of hydrogen-bond acceptors (Lipinski definition) is 2. The van der Waals surface area contributed by atoms with Gasteiger partial charge in [0, 0.05) is 22.1 Å². The molecule has 0 saturated carbocycles. The summed E-state index contributed by atoms with van der Waals surface area (Å²) >= 11 is 0. The Bertz CT molecular complexity index is 2420. The average molecular weight is 627 g/mol. The van der Waals surface area contributed by atoms with Crippen LogP contribution >= 0.6 is 0 Å². The number of nitrogens with zero attached hydrogens (tertiary/aromatic N) is 2. The Hall–Kier alpha value is -6.12. The molecule has 0 N–H and O–H groups in total. The molecule has 0 spiro atoms. The zero-order valence-corrected chi connectivity index (χ0v) is 27.6. The maximum atomic E-state index is 5.01. The van der Waals surface area contributed by atoms with E-state index < -0.39 is 0 Å². The second-order valence-corrected chi connectivity index (χ2v) is 13.4. The van der Waals surface area contributed by atoms with Crippen LogP contribution in [0.1, 0.15) is 25.0 Å². The highest BCUT2D eigenvalue weighted by Crippen LogP contribution is 2.54. The van der Waals surface area contributed by atoms with Crippen molar-refractivity contribution in [3.05, 3.63) is 181 Å². The molecule has 2 nitrogen and oxygen atoms in total. The van der Waals surface area contributed by atoms with Gasteiger partial charge in [-0.1, -0.05) is 172 Å². The normalized spacial score (nSPS) is 12.9. The zero-order chi connectivity index (χ0) is 33.0. The first-order chi connectivity index (χ1) is 24.0. The highest BCUT2D eigenvalue weighted by molar-refractivity contribution is 6.04. The molecule has 1 aliphatic carbocycles. The zero-order valence-electron chi connectivity index (χ0n) is 27.6. The molecule has 232 valence electrons. The quantitative estimate of drug-likeness (QED) is 0.190. The van der Waals surface area contributed by atoms with Crippen LogP contribution in [-0.4, -0.2) is 9.97 Å². The van der Waals surface area contributed by atoms with Gasteiger partial charge in [-0.3, -0.25) is 0 Å². The molecule has 0 unspecified atom stereocenters. The SMILES string of the molecule is CC1(C)c2ccccc2-c2c(-c3ccc(-c4ccc(-c5nc(-c6ccccc6)cc(-c6ccccc6)n5)cc4)cc3)cc3ccccc3c21. The van der Waals surface area contributed by atoms with Gasteiger partial charge in [-0.15, -0.1) is 0 Å². The third-order valence-corrected chi connectivity index (χ3v) is 10.1. The second kappa shape index (κ2) is 11.5. The molecule has 9 rings (SSSR count). The Labute approximate surface area is 287 Å². The second-order valence-electron chi connectivity index (χ2n) is 13.4. The van der Waals surface area contributed by atoms with Crippen LogP contribution in [-0.2, 0) is 5.41 Å². The minimum Gasteiger partial charge on any atom is -0.228 e. The van der Waals surface area contributed by atoms with E-state index in [1.807, 2.05) is 36.4 Å². The summed E-state index contributed by atoms with van der Waals surface area (Å²) < 4.78 is 0.